The van der Waals surface area contributed by atoms with Gasteiger partial charge in [-0.15, -0.1) is 0 Å². The summed E-state index contributed by atoms with van der Waals surface area (Å²) in [5.41, 5.74) is 1.25. The van der Waals surface area contributed by atoms with Gasteiger partial charge in [0.25, 0.3) is 0 Å². The van der Waals surface area contributed by atoms with Gasteiger partial charge in [-0.3, -0.25) is 9.59 Å². The van der Waals surface area contributed by atoms with Gasteiger partial charge in [0.05, 0.1) is 12.8 Å². The first-order chi connectivity index (χ1) is 10.7. The van der Waals surface area contributed by atoms with Crippen LogP contribution in [0.5, 0.6) is 5.75 Å². The highest BCUT2D eigenvalue weighted by atomic mass is 16.5. The van der Waals surface area contributed by atoms with Crippen LogP contribution < -0.4 is 10.1 Å². The molecule has 0 atom stereocenters. The highest BCUT2D eigenvalue weighted by Crippen LogP contribution is 2.30. The largest absolute Gasteiger partial charge is 0.495 e. The molecule has 1 aliphatic carbocycles. The zero-order valence-corrected chi connectivity index (χ0v) is 13.5. The van der Waals surface area contributed by atoms with Crippen molar-refractivity contribution in [3.8, 4) is 5.75 Å². The zero-order chi connectivity index (χ0) is 15.9. The summed E-state index contributed by atoms with van der Waals surface area (Å²) in [7, 11) is 1.56. The van der Waals surface area contributed by atoms with E-state index in [1.54, 1.807) is 25.3 Å². The summed E-state index contributed by atoms with van der Waals surface area (Å²) in [6.07, 6.45) is 6.69. The van der Waals surface area contributed by atoms with E-state index in [1.807, 2.05) is 6.92 Å². The van der Waals surface area contributed by atoms with E-state index in [0.29, 0.717) is 23.4 Å². The van der Waals surface area contributed by atoms with Crippen LogP contribution in [-0.2, 0) is 4.79 Å². The van der Waals surface area contributed by atoms with Gasteiger partial charge >= 0.3 is 0 Å². The molecule has 1 amide bonds. The molecule has 120 valence electrons. The Morgan fingerprint density at radius 1 is 1.23 bits per heavy atom. The number of hydrogen-bond acceptors (Lipinski definition) is 3. The summed E-state index contributed by atoms with van der Waals surface area (Å²) < 4.78 is 5.28. The van der Waals surface area contributed by atoms with Gasteiger partial charge in [-0.2, -0.15) is 0 Å². The maximum Gasteiger partial charge on any atom is 0.224 e. The van der Waals surface area contributed by atoms with Gasteiger partial charge in [-0.05, 0) is 37.5 Å². The Labute approximate surface area is 132 Å². The predicted molar refractivity (Wildman–Crippen MR) is 87.4 cm³/mol. The molecule has 0 aliphatic heterocycles. The molecule has 22 heavy (non-hydrogen) atoms. The molecule has 0 heterocycles. The van der Waals surface area contributed by atoms with Crippen molar-refractivity contribution in [1.82, 2.24) is 0 Å². The number of rotatable bonds is 6. The fourth-order valence-corrected chi connectivity index (χ4v) is 3.00. The Morgan fingerprint density at radius 2 is 1.95 bits per heavy atom. The van der Waals surface area contributed by atoms with Gasteiger partial charge in [0.1, 0.15) is 5.75 Å². The van der Waals surface area contributed by atoms with Gasteiger partial charge < -0.3 is 10.1 Å². The van der Waals surface area contributed by atoms with E-state index in [2.05, 4.69) is 5.32 Å². The lowest BCUT2D eigenvalue weighted by Crippen LogP contribution is -2.18. The van der Waals surface area contributed by atoms with Crippen LogP contribution in [0.4, 0.5) is 5.69 Å². The highest BCUT2D eigenvalue weighted by Gasteiger charge is 2.23. The molecule has 0 bridgehead atoms. The number of Topliss-reactive ketones (excluding diaryl/α,β-unsaturated/α-hetero) is 1. The summed E-state index contributed by atoms with van der Waals surface area (Å²) in [6, 6.07) is 5.31. The maximum absolute atomic E-state index is 12.6. The van der Waals surface area contributed by atoms with Crippen LogP contribution in [-0.4, -0.2) is 18.8 Å². The molecule has 2 rings (SSSR count). The van der Waals surface area contributed by atoms with Gasteiger partial charge in [0.2, 0.25) is 5.91 Å². The Kier molecular flexibility index (Phi) is 5.99. The van der Waals surface area contributed by atoms with Crippen LogP contribution in [0.3, 0.4) is 0 Å². The summed E-state index contributed by atoms with van der Waals surface area (Å²) in [4.78, 5) is 24.4. The van der Waals surface area contributed by atoms with Crippen molar-refractivity contribution in [3.63, 3.8) is 0 Å². The average Bonchev–Trinajstić information content (AvgIpc) is 2.55. The van der Waals surface area contributed by atoms with Crippen LogP contribution in [0, 0.1) is 5.92 Å². The minimum Gasteiger partial charge on any atom is -0.495 e. The lowest BCUT2D eigenvalue weighted by atomic mass is 9.84. The molecule has 0 spiro atoms. The van der Waals surface area contributed by atoms with E-state index in [4.69, 9.17) is 4.74 Å². The van der Waals surface area contributed by atoms with E-state index in [9.17, 15) is 9.59 Å². The van der Waals surface area contributed by atoms with Crippen LogP contribution in [0.2, 0.25) is 0 Å². The average molecular weight is 303 g/mol. The number of carbonyl (C=O) groups is 2. The molecular weight excluding hydrogens is 278 g/mol. The smallest absolute Gasteiger partial charge is 0.224 e. The number of nitrogens with one attached hydrogen (secondary N) is 1. The number of ketones is 1. The molecule has 0 aromatic heterocycles. The van der Waals surface area contributed by atoms with Crippen molar-refractivity contribution in [3.05, 3.63) is 23.8 Å². The van der Waals surface area contributed by atoms with Gasteiger partial charge in [0.15, 0.2) is 5.78 Å². The van der Waals surface area contributed by atoms with E-state index < -0.39 is 0 Å². The van der Waals surface area contributed by atoms with Crippen LogP contribution in [0.15, 0.2) is 18.2 Å². The lowest BCUT2D eigenvalue weighted by Gasteiger charge is -2.21. The molecule has 1 N–H and O–H groups in total. The summed E-state index contributed by atoms with van der Waals surface area (Å²) in [5, 5.41) is 2.84. The van der Waals surface area contributed by atoms with Crippen LogP contribution >= 0.6 is 0 Å². The molecule has 1 aromatic carbocycles. The fraction of sp³-hybridized carbons (Fsp3) is 0.556. The first-order valence-corrected chi connectivity index (χ1v) is 8.17. The van der Waals surface area contributed by atoms with Crippen LogP contribution in [0.25, 0.3) is 0 Å². The van der Waals surface area contributed by atoms with E-state index >= 15 is 0 Å². The van der Waals surface area contributed by atoms with E-state index in [1.165, 1.54) is 6.42 Å². The van der Waals surface area contributed by atoms with Crippen molar-refractivity contribution < 1.29 is 14.3 Å². The highest BCUT2D eigenvalue weighted by molar-refractivity contribution is 6.00. The molecule has 1 aliphatic rings. The number of hydrogen-bond donors (Lipinski definition) is 1. The first-order valence-electron chi connectivity index (χ1n) is 8.17. The van der Waals surface area contributed by atoms with Gasteiger partial charge in [-0.25, -0.2) is 0 Å². The molecule has 4 heteroatoms. The molecule has 0 saturated heterocycles. The number of methoxy groups -OCH3 is 1. The second-order valence-electron chi connectivity index (χ2n) is 5.91. The molecule has 1 saturated carbocycles. The third kappa shape index (κ3) is 4.09. The standard InChI is InChI=1S/C18H25NO3/c1-3-7-17(20)19-15-12-14(10-11-16(15)22-2)18(21)13-8-5-4-6-9-13/h10-13H,3-9H2,1-2H3,(H,19,20). The van der Waals surface area contributed by atoms with Crippen molar-refractivity contribution in [2.45, 2.75) is 51.9 Å². The Morgan fingerprint density at radius 3 is 2.59 bits per heavy atom. The maximum atomic E-state index is 12.6. The number of ether oxygens (including phenoxy) is 1. The molecule has 4 nitrogen and oxygen atoms in total. The summed E-state index contributed by atoms with van der Waals surface area (Å²) >= 11 is 0. The first kappa shape index (κ1) is 16.5. The zero-order valence-electron chi connectivity index (χ0n) is 13.5. The number of amides is 1. The van der Waals surface area contributed by atoms with Crippen molar-refractivity contribution in [2.75, 3.05) is 12.4 Å². The van der Waals surface area contributed by atoms with Crippen molar-refractivity contribution >= 4 is 17.4 Å². The normalized spacial score (nSPS) is 15.4. The molecule has 1 fully saturated rings. The number of carbonyl (C=O) groups excluding carboxylic acids is 2. The minimum atomic E-state index is -0.0527. The molecular formula is C18H25NO3. The van der Waals surface area contributed by atoms with Crippen molar-refractivity contribution in [2.24, 2.45) is 5.92 Å². The second-order valence-corrected chi connectivity index (χ2v) is 5.91. The van der Waals surface area contributed by atoms with E-state index in [-0.39, 0.29) is 17.6 Å². The molecule has 0 radical (unpaired) electrons. The number of benzene rings is 1. The topological polar surface area (TPSA) is 55.4 Å². The third-order valence-corrected chi connectivity index (χ3v) is 4.21. The predicted octanol–water partition coefficient (Wildman–Crippen LogP) is 4.20. The molecule has 0 unspecified atom stereocenters. The summed E-state index contributed by atoms with van der Waals surface area (Å²) in [5.74, 6) is 0.849. The monoisotopic (exact) mass is 303 g/mol. The number of anilines is 1. The third-order valence-electron chi connectivity index (χ3n) is 4.21. The van der Waals surface area contributed by atoms with Crippen molar-refractivity contribution in [1.29, 1.82) is 0 Å². The van der Waals surface area contributed by atoms with Gasteiger partial charge in [-0.1, -0.05) is 26.2 Å². The Balaban J connectivity index is 2.18. The second kappa shape index (κ2) is 7.97. The van der Waals surface area contributed by atoms with Crippen LogP contribution in [0.1, 0.15) is 62.2 Å². The Hall–Kier alpha value is -1.84. The lowest BCUT2D eigenvalue weighted by molar-refractivity contribution is -0.116. The van der Waals surface area contributed by atoms with Gasteiger partial charge in [0, 0.05) is 17.9 Å². The quantitative estimate of drug-likeness (QED) is 0.801. The fourth-order valence-electron chi connectivity index (χ4n) is 3.00. The minimum absolute atomic E-state index is 0.0527. The summed E-state index contributed by atoms with van der Waals surface area (Å²) in [6.45, 7) is 1.96. The Bertz CT molecular complexity index is 533. The SMILES string of the molecule is CCCC(=O)Nc1cc(C(=O)C2CCCCC2)ccc1OC. The van der Waals surface area contributed by atoms with E-state index in [0.717, 1.165) is 32.1 Å². The molecule has 1 aromatic rings.